The summed E-state index contributed by atoms with van der Waals surface area (Å²) in [4.78, 5) is 20.8. The Balaban J connectivity index is 3.41. The Morgan fingerprint density at radius 1 is 1.60 bits per heavy atom. The molecule has 6 nitrogen and oxygen atoms in total. The predicted molar refractivity (Wildman–Crippen MR) is 48.8 cm³/mol. The number of halogens is 1. The predicted octanol–water partition coefficient (Wildman–Crippen LogP) is 1.10. The van der Waals surface area contributed by atoms with Crippen LogP contribution in [0.3, 0.4) is 0 Å². The minimum Gasteiger partial charge on any atom is -0.465 e. The van der Waals surface area contributed by atoms with E-state index in [0.29, 0.717) is 6.07 Å². The molecular weight excluding hydrogens is 207 g/mol. The van der Waals surface area contributed by atoms with Gasteiger partial charge in [0.2, 0.25) is 0 Å². The van der Waals surface area contributed by atoms with Gasteiger partial charge in [-0.25, -0.2) is 9.18 Å². The number of benzene rings is 1. The van der Waals surface area contributed by atoms with E-state index in [4.69, 9.17) is 5.73 Å². The number of nitrogens with two attached hydrogens (primary N) is 1. The van der Waals surface area contributed by atoms with Gasteiger partial charge in [-0.05, 0) is 6.07 Å². The summed E-state index contributed by atoms with van der Waals surface area (Å²) in [7, 11) is 1.04. The van der Waals surface area contributed by atoms with Crippen molar-refractivity contribution in [2.45, 2.75) is 0 Å². The molecule has 0 aliphatic rings. The summed E-state index contributed by atoms with van der Waals surface area (Å²) in [6.45, 7) is 0. The fourth-order valence-electron chi connectivity index (χ4n) is 1.00. The van der Waals surface area contributed by atoms with E-state index >= 15 is 0 Å². The lowest BCUT2D eigenvalue weighted by atomic mass is 10.1. The third-order valence-electron chi connectivity index (χ3n) is 1.72. The molecule has 0 heterocycles. The molecule has 0 aliphatic carbocycles. The zero-order valence-electron chi connectivity index (χ0n) is 7.69. The second-order valence-corrected chi connectivity index (χ2v) is 2.64. The van der Waals surface area contributed by atoms with Crippen LogP contribution >= 0.6 is 0 Å². The lowest BCUT2D eigenvalue weighted by molar-refractivity contribution is -0.385. The van der Waals surface area contributed by atoms with Crippen molar-refractivity contribution < 1.29 is 18.8 Å². The van der Waals surface area contributed by atoms with Crippen molar-refractivity contribution in [3.8, 4) is 0 Å². The van der Waals surface area contributed by atoms with Gasteiger partial charge in [0, 0.05) is 6.07 Å². The third kappa shape index (κ3) is 2.01. The highest BCUT2D eigenvalue weighted by Crippen LogP contribution is 2.24. The minimum atomic E-state index is -0.986. The summed E-state index contributed by atoms with van der Waals surface area (Å²) in [5.41, 5.74) is 3.70. The molecule has 0 unspecified atom stereocenters. The van der Waals surface area contributed by atoms with E-state index in [-0.39, 0.29) is 0 Å². The molecule has 1 aromatic rings. The third-order valence-corrected chi connectivity index (χ3v) is 1.72. The van der Waals surface area contributed by atoms with Crippen molar-refractivity contribution in [3.63, 3.8) is 0 Å². The molecule has 1 rings (SSSR count). The van der Waals surface area contributed by atoms with E-state index in [2.05, 4.69) is 4.74 Å². The van der Waals surface area contributed by atoms with Crippen LogP contribution in [0.2, 0.25) is 0 Å². The maximum Gasteiger partial charge on any atom is 0.345 e. The number of methoxy groups -OCH3 is 1. The van der Waals surface area contributed by atoms with E-state index < -0.39 is 33.6 Å². The molecular formula is C8H7FN2O4. The first-order valence-electron chi connectivity index (χ1n) is 3.79. The molecule has 80 valence electrons. The van der Waals surface area contributed by atoms with Crippen molar-refractivity contribution >= 4 is 17.3 Å². The van der Waals surface area contributed by atoms with E-state index in [9.17, 15) is 19.3 Å². The summed E-state index contributed by atoms with van der Waals surface area (Å²) < 4.78 is 17.2. The van der Waals surface area contributed by atoms with E-state index in [1.54, 1.807) is 0 Å². The Hall–Kier alpha value is -2.18. The lowest BCUT2D eigenvalue weighted by Gasteiger charge is -2.02. The molecule has 0 atom stereocenters. The van der Waals surface area contributed by atoms with Gasteiger partial charge >= 0.3 is 5.97 Å². The minimum absolute atomic E-state index is 0.394. The first-order chi connectivity index (χ1) is 6.97. The summed E-state index contributed by atoms with van der Waals surface area (Å²) in [6, 6.07) is 1.46. The van der Waals surface area contributed by atoms with Crippen molar-refractivity contribution in [2.24, 2.45) is 0 Å². The quantitative estimate of drug-likeness (QED) is 0.344. The smallest absolute Gasteiger partial charge is 0.345 e. The molecule has 0 fully saturated rings. The Kier molecular flexibility index (Phi) is 2.84. The van der Waals surface area contributed by atoms with Gasteiger partial charge in [-0.15, -0.1) is 0 Å². The van der Waals surface area contributed by atoms with Crippen molar-refractivity contribution in [1.29, 1.82) is 0 Å². The molecule has 15 heavy (non-hydrogen) atoms. The van der Waals surface area contributed by atoms with Gasteiger partial charge < -0.3 is 10.5 Å². The average molecular weight is 214 g/mol. The number of esters is 1. The average Bonchev–Trinajstić information content (AvgIpc) is 2.20. The molecule has 0 amide bonds. The zero-order chi connectivity index (χ0) is 11.6. The molecule has 0 aliphatic heterocycles. The number of hydrogen-bond acceptors (Lipinski definition) is 5. The van der Waals surface area contributed by atoms with Crippen LogP contribution in [0.5, 0.6) is 0 Å². The van der Waals surface area contributed by atoms with Crippen LogP contribution in [-0.4, -0.2) is 18.0 Å². The highest BCUT2D eigenvalue weighted by Gasteiger charge is 2.23. The Morgan fingerprint density at radius 3 is 2.67 bits per heavy atom. The number of carbonyl (C=O) groups excluding carboxylic acids is 1. The fraction of sp³-hybridized carbons (Fsp3) is 0.125. The second-order valence-electron chi connectivity index (χ2n) is 2.64. The van der Waals surface area contributed by atoms with Gasteiger partial charge in [0.15, 0.2) is 0 Å². The second kappa shape index (κ2) is 3.91. The SMILES string of the molecule is COC(=O)c1cc(F)c(N)cc1[N+](=O)[O-]. The highest BCUT2D eigenvalue weighted by atomic mass is 19.1. The number of rotatable bonds is 2. The molecule has 0 aromatic heterocycles. The lowest BCUT2D eigenvalue weighted by Crippen LogP contribution is -2.07. The molecule has 2 N–H and O–H groups in total. The first kappa shape index (κ1) is 10.9. The number of nitrogens with zero attached hydrogens (tertiary/aromatic N) is 1. The van der Waals surface area contributed by atoms with Gasteiger partial charge in [0.1, 0.15) is 11.4 Å². The van der Waals surface area contributed by atoms with Crippen LogP contribution in [-0.2, 0) is 4.74 Å². The van der Waals surface area contributed by atoms with Crippen LogP contribution in [0.1, 0.15) is 10.4 Å². The maximum absolute atomic E-state index is 13.0. The number of nitro benzene ring substituents is 1. The Bertz CT molecular complexity index is 433. The standard InChI is InChI=1S/C8H7FN2O4/c1-15-8(12)4-2-5(9)6(10)3-7(4)11(13)14/h2-3H,10H2,1H3. The van der Waals surface area contributed by atoms with Crippen molar-refractivity contribution in [1.82, 2.24) is 0 Å². The molecule has 7 heteroatoms. The van der Waals surface area contributed by atoms with Crippen LogP contribution in [0, 0.1) is 15.9 Å². The van der Waals surface area contributed by atoms with Gasteiger partial charge in [-0.2, -0.15) is 0 Å². The van der Waals surface area contributed by atoms with Gasteiger partial charge in [-0.1, -0.05) is 0 Å². The molecule has 0 saturated carbocycles. The first-order valence-corrected chi connectivity index (χ1v) is 3.79. The van der Waals surface area contributed by atoms with Crippen molar-refractivity contribution in [2.75, 3.05) is 12.8 Å². The topological polar surface area (TPSA) is 95.5 Å². The van der Waals surface area contributed by atoms with E-state index in [0.717, 1.165) is 13.2 Å². The number of carbonyl (C=O) groups is 1. The van der Waals surface area contributed by atoms with Crippen LogP contribution in [0.15, 0.2) is 12.1 Å². The number of hydrogen-bond donors (Lipinski definition) is 1. The van der Waals surface area contributed by atoms with E-state index in [1.807, 2.05) is 0 Å². The molecule has 0 bridgehead atoms. The van der Waals surface area contributed by atoms with Crippen LogP contribution < -0.4 is 5.73 Å². The monoisotopic (exact) mass is 214 g/mol. The summed E-state index contributed by atoms with van der Waals surface area (Å²) in [6.07, 6.45) is 0. The van der Waals surface area contributed by atoms with E-state index in [1.165, 1.54) is 0 Å². The van der Waals surface area contributed by atoms with Crippen LogP contribution in [0.25, 0.3) is 0 Å². The van der Waals surface area contributed by atoms with Gasteiger partial charge in [0.05, 0.1) is 17.7 Å². The maximum atomic E-state index is 13.0. The van der Waals surface area contributed by atoms with Crippen molar-refractivity contribution in [3.05, 3.63) is 33.6 Å². The van der Waals surface area contributed by atoms with Crippen LogP contribution in [0.4, 0.5) is 15.8 Å². The highest BCUT2D eigenvalue weighted by molar-refractivity contribution is 5.94. The zero-order valence-corrected chi connectivity index (χ0v) is 7.69. The normalized spacial score (nSPS) is 9.73. The summed E-state index contributed by atoms with van der Waals surface area (Å²) in [5, 5.41) is 10.5. The van der Waals surface area contributed by atoms with Gasteiger partial charge in [-0.3, -0.25) is 10.1 Å². The molecule has 0 spiro atoms. The number of nitrogen functional groups attached to an aromatic ring is 1. The number of ether oxygens (including phenoxy) is 1. The number of anilines is 1. The Morgan fingerprint density at radius 2 is 2.20 bits per heavy atom. The summed E-state index contributed by atoms with van der Waals surface area (Å²) >= 11 is 0. The number of nitro groups is 1. The summed E-state index contributed by atoms with van der Waals surface area (Å²) in [5.74, 6) is -1.89. The fourth-order valence-corrected chi connectivity index (χ4v) is 1.00. The Labute approximate surface area is 83.6 Å². The largest absolute Gasteiger partial charge is 0.465 e. The van der Waals surface area contributed by atoms with Gasteiger partial charge in [0.25, 0.3) is 5.69 Å². The molecule has 1 aromatic carbocycles. The molecule has 0 saturated heterocycles. The molecule has 0 radical (unpaired) electrons.